The first-order chi connectivity index (χ1) is 17.6. The van der Waals surface area contributed by atoms with Crippen LogP contribution in [0.5, 0.6) is 5.75 Å². The van der Waals surface area contributed by atoms with Gasteiger partial charge < -0.3 is 14.4 Å². The molecule has 1 heterocycles. The van der Waals surface area contributed by atoms with E-state index in [9.17, 15) is 4.79 Å². The van der Waals surface area contributed by atoms with Crippen LogP contribution in [0.3, 0.4) is 0 Å². The number of amides is 1. The van der Waals surface area contributed by atoms with E-state index in [1.165, 1.54) is 12.8 Å². The van der Waals surface area contributed by atoms with Crippen LogP contribution in [0.2, 0.25) is 0 Å². The van der Waals surface area contributed by atoms with E-state index in [1.807, 2.05) is 48.3 Å². The van der Waals surface area contributed by atoms with Crippen molar-refractivity contribution in [3.63, 3.8) is 0 Å². The molecule has 0 bridgehead atoms. The Kier molecular flexibility index (Phi) is 7.86. The molecule has 190 valence electrons. The third-order valence-electron chi connectivity index (χ3n) is 8.10. The van der Waals surface area contributed by atoms with Gasteiger partial charge in [-0.3, -0.25) is 4.79 Å². The van der Waals surface area contributed by atoms with Crippen molar-refractivity contribution in [3.05, 3.63) is 71.4 Å². The molecule has 5 nitrogen and oxygen atoms in total. The van der Waals surface area contributed by atoms with Crippen molar-refractivity contribution in [1.29, 1.82) is 0 Å². The van der Waals surface area contributed by atoms with Crippen LogP contribution in [0.4, 0.5) is 0 Å². The lowest BCUT2D eigenvalue weighted by Crippen LogP contribution is -2.43. The summed E-state index contributed by atoms with van der Waals surface area (Å²) in [5.74, 6) is 1.50. The lowest BCUT2D eigenvalue weighted by Gasteiger charge is -2.35. The molecular formula is C31H38N2O3. The van der Waals surface area contributed by atoms with E-state index in [2.05, 4.69) is 25.1 Å². The van der Waals surface area contributed by atoms with Crippen molar-refractivity contribution in [2.45, 2.75) is 83.6 Å². The fourth-order valence-electron chi connectivity index (χ4n) is 5.82. The summed E-state index contributed by atoms with van der Waals surface area (Å²) in [6, 6.07) is 18.8. The summed E-state index contributed by atoms with van der Waals surface area (Å²) in [5, 5.41) is 1.03. The second-order valence-corrected chi connectivity index (χ2v) is 10.5. The predicted molar refractivity (Wildman–Crippen MR) is 143 cm³/mol. The van der Waals surface area contributed by atoms with Crippen molar-refractivity contribution in [2.24, 2.45) is 5.92 Å². The van der Waals surface area contributed by atoms with Gasteiger partial charge in [0.05, 0.1) is 23.9 Å². The summed E-state index contributed by atoms with van der Waals surface area (Å²) in [6.07, 6.45) is 8.72. The van der Waals surface area contributed by atoms with Crippen LogP contribution in [0.1, 0.15) is 68.2 Å². The van der Waals surface area contributed by atoms with Crippen LogP contribution in [0, 0.1) is 12.8 Å². The van der Waals surface area contributed by atoms with Crippen molar-refractivity contribution < 1.29 is 14.3 Å². The van der Waals surface area contributed by atoms with Gasteiger partial charge in [-0.25, -0.2) is 4.98 Å². The Hall–Kier alpha value is -2.92. The SMILES string of the molecule is Cc1c(COC2CCC(N(C)C(=O)C3CCCC3)CC2)nc2ccccc2c1OCc1ccccc1. The molecule has 5 rings (SSSR count). The van der Waals surface area contributed by atoms with Crippen molar-refractivity contribution >= 4 is 16.8 Å². The van der Waals surface area contributed by atoms with E-state index < -0.39 is 0 Å². The summed E-state index contributed by atoms with van der Waals surface area (Å²) in [6.45, 7) is 3.08. The van der Waals surface area contributed by atoms with Crippen LogP contribution >= 0.6 is 0 Å². The van der Waals surface area contributed by atoms with Gasteiger partial charge in [-0.2, -0.15) is 0 Å². The smallest absolute Gasteiger partial charge is 0.225 e. The minimum Gasteiger partial charge on any atom is -0.488 e. The van der Waals surface area contributed by atoms with Crippen molar-refractivity contribution in [1.82, 2.24) is 9.88 Å². The van der Waals surface area contributed by atoms with E-state index in [1.54, 1.807) is 0 Å². The number of carbonyl (C=O) groups excluding carboxylic acids is 1. The van der Waals surface area contributed by atoms with E-state index in [4.69, 9.17) is 14.5 Å². The van der Waals surface area contributed by atoms with Crippen LogP contribution in [-0.4, -0.2) is 35.0 Å². The molecular weight excluding hydrogens is 448 g/mol. The van der Waals surface area contributed by atoms with E-state index in [0.29, 0.717) is 25.2 Å². The molecule has 0 unspecified atom stereocenters. The zero-order valence-corrected chi connectivity index (χ0v) is 21.6. The third-order valence-corrected chi connectivity index (χ3v) is 8.10. The number of carbonyl (C=O) groups is 1. The summed E-state index contributed by atoms with van der Waals surface area (Å²) >= 11 is 0. The first-order valence-corrected chi connectivity index (χ1v) is 13.5. The Bertz CT molecular complexity index is 1170. The summed E-state index contributed by atoms with van der Waals surface area (Å²) in [5.41, 5.74) is 4.05. The number of ether oxygens (including phenoxy) is 2. The number of pyridine rings is 1. The minimum absolute atomic E-state index is 0.206. The van der Waals surface area contributed by atoms with Crippen molar-refractivity contribution in [3.8, 4) is 5.75 Å². The van der Waals surface area contributed by atoms with Crippen LogP contribution < -0.4 is 4.74 Å². The zero-order valence-electron chi connectivity index (χ0n) is 21.6. The molecule has 0 atom stereocenters. The fourth-order valence-corrected chi connectivity index (χ4v) is 5.82. The van der Waals surface area contributed by atoms with Gasteiger partial charge in [0.2, 0.25) is 5.91 Å². The fraction of sp³-hybridized carbons (Fsp3) is 0.484. The third kappa shape index (κ3) is 5.57. The molecule has 1 aromatic heterocycles. The molecule has 36 heavy (non-hydrogen) atoms. The molecule has 2 aromatic carbocycles. The second-order valence-electron chi connectivity index (χ2n) is 10.5. The number of hydrogen-bond acceptors (Lipinski definition) is 4. The second kappa shape index (κ2) is 11.4. The number of para-hydroxylation sites is 1. The topological polar surface area (TPSA) is 51.7 Å². The number of nitrogens with zero attached hydrogens (tertiary/aromatic N) is 2. The molecule has 0 spiro atoms. The van der Waals surface area contributed by atoms with Gasteiger partial charge >= 0.3 is 0 Å². The number of fused-ring (bicyclic) bond motifs is 1. The molecule has 2 aliphatic rings. The summed E-state index contributed by atoms with van der Waals surface area (Å²) in [7, 11) is 2.01. The van der Waals surface area contributed by atoms with Gasteiger partial charge in [0.25, 0.3) is 0 Å². The highest BCUT2D eigenvalue weighted by molar-refractivity contribution is 5.86. The van der Waals surface area contributed by atoms with Gasteiger partial charge in [-0.1, -0.05) is 55.3 Å². The zero-order chi connectivity index (χ0) is 24.9. The van der Waals surface area contributed by atoms with E-state index in [-0.39, 0.29) is 12.0 Å². The Balaban J connectivity index is 1.21. The number of aromatic nitrogens is 1. The van der Waals surface area contributed by atoms with E-state index in [0.717, 1.165) is 72.0 Å². The molecule has 0 radical (unpaired) electrons. The molecule has 2 saturated carbocycles. The Morgan fingerprint density at radius 3 is 2.36 bits per heavy atom. The molecule has 0 saturated heterocycles. The quantitative estimate of drug-likeness (QED) is 0.360. The van der Waals surface area contributed by atoms with Crippen molar-refractivity contribution in [2.75, 3.05) is 7.05 Å². The molecule has 2 aliphatic carbocycles. The number of hydrogen-bond donors (Lipinski definition) is 0. The Morgan fingerprint density at radius 2 is 1.61 bits per heavy atom. The summed E-state index contributed by atoms with van der Waals surface area (Å²) in [4.78, 5) is 19.8. The monoisotopic (exact) mass is 486 g/mol. The van der Waals surface area contributed by atoms with Crippen LogP contribution in [0.15, 0.2) is 54.6 Å². The molecule has 0 N–H and O–H groups in total. The maximum Gasteiger partial charge on any atom is 0.225 e. The number of rotatable bonds is 8. The van der Waals surface area contributed by atoms with Gasteiger partial charge in [-0.05, 0) is 63.1 Å². The van der Waals surface area contributed by atoms with Gasteiger partial charge in [0.1, 0.15) is 12.4 Å². The maximum absolute atomic E-state index is 12.8. The largest absolute Gasteiger partial charge is 0.488 e. The Morgan fingerprint density at radius 1 is 0.917 bits per heavy atom. The lowest BCUT2D eigenvalue weighted by atomic mass is 9.91. The van der Waals surface area contributed by atoms with Crippen LogP contribution in [-0.2, 0) is 22.7 Å². The predicted octanol–water partition coefficient (Wildman–Crippen LogP) is 6.60. The Labute approximate surface area is 214 Å². The minimum atomic E-state index is 0.206. The number of benzene rings is 2. The molecule has 2 fully saturated rings. The lowest BCUT2D eigenvalue weighted by molar-refractivity contribution is -0.137. The van der Waals surface area contributed by atoms with Gasteiger partial charge in [-0.15, -0.1) is 0 Å². The first kappa shape index (κ1) is 24.8. The van der Waals surface area contributed by atoms with Gasteiger partial charge in [0, 0.05) is 30.0 Å². The highest BCUT2D eigenvalue weighted by atomic mass is 16.5. The van der Waals surface area contributed by atoms with Gasteiger partial charge in [0.15, 0.2) is 0 Å². The molecule has 5 heteroatoms. The summed E-state index contributed by atoms with van der Waals surface area (Å²) < 4.78 is 12.7. The standard InChI is InChI=1S/C31H38N2O3/c1-22-29(21-35-26-18-16-25(17-19-26)33(2)31(34)24-12-6-7-13-24)32-28-15-9-8-14-27(28)30(22)36-20-23-10-4-3-5-11-23/h3-5,8-11,14-15,24-26H,6-7,12-13,16-21H2,1-2H3. The van der Waals surface area contributed by atoms with E-state index >= 15 is 0 Å². The highest BCUT2D eigenvalue weighted by Gasteiger charge is 2.32. The molecule has 1 amide bonds. The average Bonchev–Trinajstić information content (AvgIpc) is 3.47. The molecule has 0 aliphatic heterocycles. The average molecular weight is 487 g/mol. The highest BCUT2D eigenvalue weighted by Crippen LogP contribution is 2.33. The molecule has 3 aromatic rings. The normalized spacial score (nSPS) is 20.5. The first-order valence-electron chi connectivity index (χ1n) is 13.5. The van der Waals surface area contributed by atoms with Crippen LogP contribution in [0.25, 0.3) is 10.9 Å². The maximum atomic E-state index is 12.8.